The Bertz CT molecular complexity index is 561. The van der Waals surface area contributed by atoms with Crippen LogP contribution in [0, 0.1) is 11.6 Å². The van der Waals surface area contributed by atoms with Gasteiger partial charge in [0, 0.05) is 17.1 Å². The predicted octanol–water partition coefficient (Wildman–Crippen LogP) is 5.44. The fourth-order valence-electron chi connectivity index (χ4n) is 1.73. The van der Waals surface area contributed by atoms with E-state index in [2.05, 4.69) is 5.32 Å². The summed E-state index contributed by atoms with van der Waals surface area (Å²) >= 11 is 11.6. The average molecular weight is 302 g/mol. The Morgan fingerprint density at radius 3 is 2.26 bits per heavy atom. The fraction of sp³-hybridized carbons (Fsp3) is 0.143. The Labute approximate surface area is 120 Å². The molecule has 19 heavy (non-hydrogen) atoms. The normalized spacial score (nSPS) is 12.3. The number of benzene rings is 2. The lowest BCUT2D eigenvalue weighted by atomic mass is 10.1. The van der Waals surface area contributed by atoms with Crippen molar-refractivity contribution in [2.45, 2.75) is 13.0 Å². The van der Waals surface area contributed by atoms with Crippen molar-refractivity contribution in [1.82, 2.24) is 0 Å². The van der Waals surface area contributed by atoms with Gasteiger partial charge in [-0.25, -0.2) is 8.78 Å². The van der Waals surface area contributed by atoms with Crippen LogP contribution in [0.15, 0.2) is 36.4 Å². The Balaban J connectivity index is 2.24. The first-order chi connectivity index (χ1) is 8.97. The molecule has 0 aliphatic rings. The van der Waals surface area contributed by atoms with Gasteiger partial charge in [0.15, 0.2) is 5.82 Å². The Hall–Kier alpha value is -1.32. The van der Waals surface area contributed by atoms with Crippen LogP contribution in [0.1, 0.15) is 18.5 Å². The summed E-state index contributed by atoms with van der Waals surface area (Å²) in [5.41, 5.74) is 1.01. The van der Waals surface area contributed by atoms with E-state index in [-0.39, 0.29) is 16.8 Å². The average Bonchev–Trinajstić information content (AvgIpc) is 2.34. The van der Waals surface area contributed by atoms with Crippen LogP contribution in [0.3, 0.4) is 0 Å². The Kier molecular flexibility index (Phi) is 4.27. The summed E-state index contributed by atoms with van der Waals surface area (Å²) in [6.45, 7) is 1.85. The van der Waals surface area contributed by atoms with Gasteiger partial charge in [-0.05, 0) is 30.7 Å². The van der Waals surface area contributed by atoms with E-state index in [1.165, 1.54) is 0 Å². The molecule has 1 atom stereocenters. The Morgan fingerprint density at radius 1 is 1.05 bits per heavy atom. The maximum absolute atomic E-state index is 13.6. The van der Waals surface area contributed by atoms with Gasteiger partial charge in [0.2, 0.25) is 0 Å². The van der Waals surface area contributed by atoms with Crippen molar-refractivity contribution >= 4 is 28.9 Å². The summed E-state index contributed by atoms with van der Waals surface area (Å²) in [5.74, 6) is -1.42. The largest absolute Gasteiger partial charge is 0.375 e. The van der Waals surface area contributed by atoms with Gasteiger partial charge in [-0.3, -0.25) is 0 Å². The van der Waals surface area contributed by atoms with Crippen LogP contribution < -0.4 is 5.32 Å². The number of hydrogen-bond acceptors (Lipinski definition) is 1. The minimum absolute atomic E-state index is 0.0123. The molecule has 0 heterocycles. The van der Waals surface area contributed by atoms with Crippen LogP contribution in [-0.2, 0) is 0 Å². The maximum Gasteiger partial charge on any atom is 0.150 e. The van der Waals surface area contributed by atoms with Crippen LogP contribution in [0.25, 0.3) is 0 Å². The molecule has 0 spiro atoms. The molecule has 0 fully saturated rings. The first-order valence-corrected chi connectivity index (χ1v) is 6.39. The Morgan fingerprint density at radius 2 is 1.68 bits per heavy atom. The highest BCUT2D eigenvalue weighted by atomic mass is 35.5. The van der Waals surface area contributed by atoms with E-state index < -0.39 is 11.6 Å². The van der Waals surface area contributed by atoms with Crippen molar-refractivity contribution in [3.63, 3.8) is 0 Å². The molecule has 0 saturated heterocycles. The SMILES string of the molecule is CC(Nc1c(F)cc(F)cc1Cl)c1ccc(Cl)cc1. The summed E-state index contributed by atoms with van der Waals surface area (Å²) in [4.78, 5) is 0. The zero-order valence-corrected chi connectivity index (χ0v) is 11.6. The molecule has 0 aromatic heterocycles. The smallest absolute Gasteiger partial charge is 0.150 e. The molecule has 2 rings (SSSR count). The van der Waals surface area contributed by atoms with E-state index >= 15 is 0 Å². The highest BCUT2D eigenvalue weighted by Crippen LogP contribution is 2.30. The number of hydrogen-bond donors (Lipinski definition) is 1. The number of nitrogens with one attached hydrogen (secondary N) is 1. The van der Waals surface area contributed by atoms with Gasteiger partial charge in [-0.1, -0.05) is 35.3 Å². The van der Waals surface area contributed by atoms with Gasteiger partial charge < -0.3 is 5.32 Å². The molecule has 0 amide bonds. The van der Waals surface area contributed by atoms with E-state index in [9.17, 15) is 8.78 Å². The van der Waals surface area contributed by atoms with Crippen molar-refractivity contribution in [3.05, 3.63) is 63.6 Å². The van der Waals surface area contributed by atoms with E-state index in [0.717, 1.165) is 17.7 Å². The van der Waals surface area contributed by atoms with Crippen molar-refractivity contribution in [1.29, 1.82) is 0 Å². The molecule has 5 heteroatoms. The lowest BCUT2D eigenvalue weighted by molar-refractivity contribution is 0.584. The van der Waals surface area contributed by atoms with Gasteiger partial charge in [0.25, 0.3) is 0 Å². The van der Waals surface area contributed by atoms with Crippen molar-refractivity contribution in [3.8, 4) is 0 Å². The third kappa shape index (κ3) is 3.37. The first-order valence-electron chi connectivity index (χ1n) is 5.64. The summed E-state index contributed by atoms with van der Waals surface area (Å²) in [6, 6.07) is 8.83. The highest BCUT2D eigenvalue weighted by Gasteiger charge is 2.13. The third-order valence-corrected chi connectivity index (χ3v) is 3.29. The van der Waals surface area contributed by atoms with E-state index in [0.29, 0.717) is 5.02 Å². The van der Waals surface area contributed by atoms with Crippen LogP contribution in [-0.4, -0.2) is 0 Å². The van der Waals surface area contributed by atoms with Crippen LogP contribution in [0.5, 0.6) is 0 Å². The molecule has 0 aliphatic carbocycles. The molecule has 2 aromatic rings. The monoisotopic (exact) mass is 301 g/mol. The molecule has 1 nitrogen and oxygen atoms in total. The molecule has 0 radical (unpaired) electrons. The highest BCUT2D eigenvalue weighted by molar-refractivity contribution is 6.33. The molecule has 2 aromatic carbocycles. The van der Waals surface area contributed by atoms with Crippen molar-refractivity contribution in [2.75, 3.05) is 5.32 Å². The quantitative estimate of drug-likeness (QED) is 0.795. The minimum atomic E-state index is -0.717. The lowest BCUT2D eigenvalue weighted by Gasteiger charge is -2.17. The van der Waals surface area contributed by atoms with E-state index in [1.807, 2.05) is 19.1 Å². The fourth-order valence-corrected chi connectivity index (χ4v) is 2.11. The first kappa shape index (κ1) is 14.1. The second-order valence-corrected chi connectivity index (χ2v) is 5.01. The van der Waals surface area contributed by atoms with Gasteiger partial charge in [0.1, 0.15) is 5.82 Å². The second kappa shape index (κ2) is 5.76. The number of rotatable bonds is 3. The van der Waals surface area contributed by atoms with Crippen molar-refractivity contribution < 1.29 is 8.78 Å². The van der Waals surface area contributed by atoms with Crippen molar-refractivity contribution in [2.24, 2.45) is 0 Å². The molecule has 1 unspecified atom stereocenters. The predicted molar refractivity (Wildman–Crippen MR) is 74.9 cm³/mol. The molecule has 100 valence electrons. The summed E-state index contributed by atoms with van der Waals surface area (Å²) < 4.78 is 26.6. The molecule has 0 aliphatic heterocycles. The molecule has 1 N–H and O–H groups in total. The number of halogens is 4. The van der Waals surface area contributed by atoms with Crippen LogP contribution in [0.4, 0.5) is 14.5 Å². The van der Waals surface area contributed by atoms with E-state index in [1.54, 1.807) is 12.1 Å². The van der Waals surface area contributed by atoms with Crippen LogP contribution in [0.2, 0.25) is 10.0 Å². The zero-order chi connectivity index (χ0) is 14.0. The topological polar surface area (TPSA) is 12.0 Å². The molecular formula is C14H11Cl2F2N. The van der Waals surface area contributed by atoms with Gasteiger partial charge in [0.05, 0.1) is 10.7 Å². The summed E-state index contributed by atoms with van der Waals surface area (Å²) in [7, 11) is 0. The maximum atomic E-state index is 13.6. The molecular weight excluding hydrogens is 291 g/mol. The van der Waals surface area contributed by atoms with Gasteiger partial charge in [-0.15, -0.1) is 0 Å². The van der Waals surface area contributed by atoms with Gasteiger partial charge in [-0.2, -0.15) is 0 Å². The van der Waals surface area contributed by atoms with Gasteiger partial charge >= 0.3 is 0 Å². The summed E-state index contributed by atoms with van der Waals surface area (Å²) in [5, 5.41) is 3.56. The van der Waals surface area contributed by atoms with Crippen LogP contribution >= 0.6 is 23.2 Å². The molecule has 0 bridgehead atoms. The summed E-state index contributed by atoms with van der Waals surface area (Å²) in [6.07, 6.45) is 0. The lowest BCUT2D eigenvalue weighted by Crippen LogP contribution is -2.08. The standard InChI is InChI=1S/C14H11Cl2F2N/c1-8(9-2-4-10(15)5-3-9)19-14-12(16)6-11(17)7-13(14)18/h2-8,19H,1H3. The number of anilines is 1. The van der Waals surface area contributed by atoms with E-state index in [4.69, 9.17) is 23.2 Å². The third-order valence-electron chi connectivity index (χ3n) is 2.74. The molecule has 0 saturated carbocycles. The second-order valence-electron chi connectivity index (χ2n) is 4.16. The minimum Gasteiger partial charge on any atom is -0.375 e. The zero-order valence-electron chi connectivity index (χ0n) is 10.1.